The van der Waals surface area contributed by atoms with Gasteiger partial charge in [-0.2, -0.15) is 0 Å². The number of ether oxygens (including phenoxy) is 4. The summed E-state index contributed by atoms with van der Waals surface area (Å²) >= 11 is 0. The lowest BCUT2D eigenvalue weighted by Crippen LogP contribution is -2.20. The molecule has 2 saturated heterocycles. The summed E-state index contributed by atoms with van der Waals surface area (Å²) in [4.78, 5) is 34.0. The number of hydrogen-bond acceptors (Lipinski definition) is 7. The summed E-state index contributed by atoms with van der Waals surface area (Å²) in [5, 5.41) is 0. The molecule has 7 heteroatoms. The molecule has 0 aliphatic carbocycles. The number of cyclic esters (lactones) is 1. The van der Waals surface area contributed by atoms with E-state index in [1.54, 1.807) is 0 Å². The highest BCUT2D eigenvalue weighted by molar-refractivity contribution is 5.96. The second-order valence-corrected chi connectivity index (χ2v) is 4.57. The van der Waals surface area contributed by atoms with E-state index in [0.29, 0.717) is 19.4 Å². The normalized spacial score (nSPS) is 26.2. The zero-order chi connectivity index (χ0) is 14.5. The van der Waals surface area contributed by atoms with Crippen LogP contribution in [0.25, 0.3) is 0 Å². The molecule has 0 bridgehead atoms. The smallest absolute Gasteiger partial charge is 0.337 e. The highest BCUT2D eigenvalue weighted by atomic mass is 16.7. The second-order valence-electron chi connectivity index (χ2n) is 4.57. The number of carbonyl (C=O) groups excluding carboxylic acids is 3. The topological polar surface area (TPSA) is 88.1 Å². The molecule has 110 valence electrons. The van der Waals surface area contributed by atoms with Crippen molar-refractivity contribution in [2.75, 3.05) is 6.61 Å². The van der Waals surface area contributed by atoms with Crippen LogP contribution in [0.3, 0.4) is 0 Å². The van der Waals surface area contributed by atoms with Crippen molar-refractivity contribution in [3.05, 3.63) is 11.6 Å². The molecule has 2 atom stereocenters. The fraction of sp³-hybridized carbons (Fsp3) is 0.615. The molecule has 0 aromatic rings. The molecule has 0 radical (unpaired) electrons. The van der Waals surface area contributed by atoms with Crippen LogP contribution < -0.4 is 0 Å². The van der Waals surface area contributed by atoms with Gasteiger partial charge in [-0.15, -0.1) is 0 Å². The maximum absolute atomic E-state index is 11.7. The predicted octanol–water partition coefficient (Wildman–Crippen LogP) is 0.819. The summed E-state index contributed by atoms with van der Waals surface area (Å²) in [7, 11) is 0. The summed E-state index contributed by atoms with van der Waals surface area (Å²) in [5.74, 6) is -1.77. The molecule has 0 spiro atoms. The fourth-order valence-electron chi connectivity index (χ4n) is 1.84. The maximum atomic E-state index is 11.7. The van der Waals surface area contributed by atoms with Gasteiger partial charge in [0.25, 0.3) is 0 Å². The molecule has 20 heavy (non-hydrogen) atoms. The third-order valence-electron chi connectivity index (χ3n) is 2.88. The van der Waals surface area contributed by atoms with Gasteiger partial charge in [0.15, 0.2) is 0 Å². The first-order valence-corrected chi connectivity index (χ1v) is 6.45. The quantitative estimate of drug-likeness (QED) is 0.557. The van der Waals surface area contributed by atoms with Crippen LogP contribution in [0.4, 0.5) is 0 Å². The lowest BCUT2D eigenvalue weighted by atomic mass is 10.3. The van der Waals surface area contributed by atoms with Gasteiger partial charge < -0.3 is 18.9 Å². The van der Waals surface area contributed by atoms with Gasteiger partial charge in [-0.1, -0.05) is 0 Å². The Balaban J connectivity index is 1.80. The number of hydrogen-bond donors (Lipinski definition) is 0. The van der Waals surface area contributed by atoms with E-state index < -0.39 is 30.5 Å². The van der Waals surface area contributed by atoms with E-state index in [9.17, 15) is 14.4 Å². The van der Waals surface area contributed by atoms with E-state index in [1.165, 1.54) is 6.92 Å². The van der Waals surface area contributed by atoms with Crippen molar-refractivity contribution in [2.24, 2.45) is 0 Å². The van der Waals surface area contributed by atoms with Crippen LogP contribution in [0.2, 0.25) is 0 Å². The zero-order valence-electron chi connectivity index (χ0n) is 11.1. The first kappa shape index (κ1) is 14.5. The van der Waals surface area contributed by atoms with E-state index in [2.05, 4.69) is 0 Å². The zero-order valence-corrected chi connectivity index (χ0v) is 11.1. The Hall–Kier alpha value is -1.89. The first-order chi connectivity index (χ1) is 9.54. The minimum atomic E-state index is -0.868. The molecular formula is C13H16O7. The molecule has 0 aromatic heterocycles. The van der Waals surface area contributed by atoms with E-state index in [0.717, 1.165) is 12.5 Å². The van der Waals surface area contributed by atoms with Crippen molar-refractivity contribution < 1.29 is 33.3 Å². The van der Waals surface area contributed by atoms with Crippen molar-refractivity contribution in [2.45, 2.75) is 45.2 Å². The Bertz CT molecular complexity index is 434. The molecule has 2 fully saturated rings. The Labute approximate surface area is 115 Å². The molecule has 2 aliphatic rings. The molecular weight excluding hydrogens is 268 g/mol. The minimum Gasteiger partial charge on any atom is -0.433 e. The van der Waals surface area contributed by atoms with Gasteiger partial charge in [0, 0.05) is 24.5 Å². The molecule has 2 heterocycles. The van der Waals surface area contributed by atoms with Crippen molar-refractivity contribution in [1.82, 2.24) is 0 Å². The van der Waals surface area contributed by atoms with Crippen molar-refractivity contribution in [1.29, 1.82) is 0 Å². The molecule has 2 rings (SSSR count). The second kappa shape index (κ2) is 6.51. The SMILES string of the molecule is CC(=CC(=O)OC1CCCO1)C(=O)OC1CCC(=O)O1. The third-order valence-corrected chi connectivity index (χ3v) is 2.88. The van der Waals surface area contributed by atoms with Crippen LogP contribution in [-0.4, -0.2) is 37.1 Å². The van der Waals surface area contributed by atoms with Crippen LogP contribution in [0, 0.1) is 0 Å². The van der Waals surface area contributed by atoms with Crippen LogP contribution in [0.5, 0.6) is 0 Å². The lowest BCUT2D eigenvalue weighted by molar-refractivity contribution is -0.174. The van der Waals surface area contributed by atoms with E-state index in [4.69, 9.17) is 18.9 Å². The molecule has 2 unspecified atom stereocenters. The summed E-state index contributed by atoms with van der Waals surface area (Å²) in [6.45, 7) is 1.99. The van der Waals surface area contributed by atoms with E-state index >= 15 is 0 Å². The number of rotatable bonds is 4. The number of carbonyl (C=O) groups is 3. The van der Waals surface area contributed by atoms with Gasteiger partial charge in [-0.25, -0.2) is 9.59 Å². The standard InChI is InChI=1S/C13H16O7/c1-8(7-10(15)19-11-3-2-6-17-11)13(16)20-12-5-4-9(14)18-12/h7,11-12H,2-6H2,1H3. The Kier molecular flexibility index (Phi) is 4.73. The fourth-order valence-corrected chi connectivity index (χ4v) is 1.84. The molecule has 2 aliphatic heterocycles. The van der Waals surface area contributed by atoms with Crippen molar-refractivity contribution in [3.63, 3.8) is 0 Å². The van der Waals surface area contributed by atoms with Crippen molar-refractivity contribution >= 4 is 17.9 Å². The van der Waals surface area contributed by atoms with Crippen molar-refractivity contribution in [3.8, 4) is 0 Å². The minimum absolute atomic E-state index is 0.0796. The van der Waals surface area contributed by atoms with Crippen LogP contribution in [-0.2, 0) is 33.3 Å². The van der Waals surface area contributed by atoms with Crippen LogP contribution in [0.15, 0.2) is 11.6 Å². The highest BCUT2D eigenvalue weighted by Crippen LogP contribution is 2.17. The van der Waals surface area contributed by atoms with Gasteiger partial charge >= 0.3 is 17.9 Å². The lowest BCUT2D eigenvalue weighted by Gasteiger charge is -2.11. The largest absolute Gasteiger partial charge is 0.433 e. The monoisotopic (exact) mass is 284 g/mol. The Morgan fingerprint density at radius 3 is 2.65 bits per heavy atom. The first-order valence-electron chi connectivity index (χ1n) is 6.45. The molecule has 0 saturated carbocycles. The summed E-state index contributed by atoms with van der Waals surface area (Å²) < 4.78 is 19.8. The predicted molar refractivity (Wildman–Crippen MR) is 64.0 cm³/mol. The molecule has 7 nitrogen and oxygen atoms in total. The van der Waals surface area contributed by atoms with Crippen LogP contribution >= 0.6 is 0 Å². The summed E-state index contributed by atoms with van der Waals surface area (Å²) in [5.41, 5.74) is 0.0796. The van der Waals surface area contributed by atoms with Gasteiger partial charge in [-0.3, -0.25) is 4.79 Å². The Morgan fingerprint density at radius 1 is 1.25 bits per heavy atom. The third kappa shape index (κ3) is 4.06. The summed E-state index contributed by atoms with van der Waals surface area (Å²) in [6.07, 6.45) is 1.68. The Morgan fingerprint density at radius 2 is 2.05 bits per heavy atom. The van der Waals surface area contributed by atoms with Gasteiger partial charge in [0.2, 0.25) is 12.6 Å². The molecule has 0 aromatic carbocycles. The van der Waals surface area contributed by atoms with Gasteiger partial charge in [0.05, 0.1) is 13.0 Å². The average molecular weight is 284 g/mol. The molecule has 0 amide bonds. The molecule has 0 N–H and O–H groups in total. The van der Waals surface area contributed by atoms with E-state index in [-0.39, 0.29) is 12.0 Å². The highest BCUT2D eigenvalue weighted by Gasteiger charge is 2.27. The summed E-state index contributed by atoms with van der Waals surface area (Å²) in [6, 6.07) is 0. The van der Waals surface area contributed by atoms with Gasteiger partial charge in [-0.05, 0) is 13.3 Å². The maximum Gasteiger partial charge on any atom is 0.337 e. The van der Waals surface area contributed by atoms with Crippen LogP contribution in [0.1, 0.15) is 32.6 Å². The van der Waals surface area contributed by atoms with Gasteiger partial charge in [0.1, 0.15) is 0 Å². The van der Waals surface area contributed by atoms with E-state index in [1.807, 2.05) is 0 Å². The number of esters is 3. The average Bonchev–Trinajstić information content (AvgIpc) is 3.01.